The van der Waals surface area contributed by atoms with E-state index >= 15 is 0 Å². The Labute approximate surface area is 65.9 Å². The van der Waals surface area contributed by atoms with E-state index in [1.54, 1.807) is 0 Å². The molecule has 0 aliphatic carbocycles. The molecular weight excluding hydrogens is 142 g/mol. The Hall–Kier alpha value is -0.120. The number of morpholine rings is 1. The second-order valence-electron chi connectivity index (χ2n) is 3.87. The fourth-order valence-corrected chi connectivity index (χ4v) is 2.77. The lowest BCUT2D eigenvalue weighted by Gasteiger charge is -2.21. The summed E-state index contributed by atoms with van der Waals surface area (Å²) in [6.07, 6.45) is 2.86. The van der Waals surface area contributed by atoms with Gasteiger partial charge in [0.05, 0.1) is 6.61 Å². The highest BCUT2D eigenvalue weighted by molar-refractivity contribution is 5.19. The van der Waals surface area contributed by atoms with Crippen LogP contribution in [-0.4, -0.2) is 47.4 Å². The minimum atomic E-state index is -0.115. The maximum absolute atomic E-state index is 9.16. The number of nitrogens with zero attached hydrogens (tertiary/aromatic N) is 1. The first-order valence-electron chi connectivity index (χ1n) is 4.39. The monoisotopic (exact) mass is 155 g/mol. The maximum Gasteiger partial charge on any atom is 0.134 e. The molecule has 0 radical (unpaired) electrons. The van der Waals surface area contributed by atoms with E-state index in [-0.39, 0.29) is 12.2 Å². The Morgan fingerprint density at radius 1 is 1.64 bits per heavy atom. The second-order valence-corrected chi connectivity index (χ2v) is 3.87. The molecule has 3 saturated heterocycles. The molecular formula is C8H13NO2. The molecule has 3 heterocycles. The molecule has 0 aromatic rings. The molecule has 3 aliphatic rings. The molecule has 3 fully saturated rings. The summed E-state index contributed by atoms with van der Waals surface area (Å²) in [4.78, 5) is 2.46. The minimum absolute atomic E-state index is 0.115. The van der Waals surface area contributed by atoms with Crippen LogP contribution in [0.1, 0.15) is 12.8 Å². The van der Waals surface area contributed by atoms with Gasteiger partial charge in [-0.3, -0.25) is 4.90 Å². The smallest absolute Gasteiger partial charge is 0.134 e. The predicted molar refractivity (Wildman–Crippen MR) is 39.3 cm³/mol. The third kappa shape index (κ3) is 0.604. The van der Waals surface area contributed by atoms with Crippen LogP contribution in [0.3, 0.4) is 0 Å². The van der Waals surface area contributed by atoms with Gasteiger partial charge in [0, 0.05) is 12.6 Å². The van der Waals surface area contributed by atoms with Gasteiger partial charge < -0.3 is 9.84 Å². The Kier molecular flexibility index (Phi) is 1.04. The van der Waals surface area contributed by atoms with Crippen molar-refractivity contribution in [3.8, 4) is 0 Å². The quantitative estimate of drug-likeness (QED) is 0.523. The summed E-state index contributed by atoms with van der Waals surface area (Å²) in [6.45, 7) is 2.50. The van der Waals surface area contributed by atoms with Crippen LogP contribution in [0.4, 0.5) is 0 Å². The zero-order valence-corrected chi connectivity index (χ0v) is 6.49. The average molecular weight is 155 g/mol. The van der Waals surface area contributed by atoms with Gasteiger partial charge >= 0.3 is 0 Å². The van der Waals surface area contributed by atoms with Crippen molar-refractivity contribution in [1.29, 1.82) is 0 Å². The van der Waals surface area contributed by atoms with E-state index in [4.69, 9.17) is 9.84 Å². The molecule has 3 nitrogen and oxygen atoms in total. The maximum atomic E-state index is 9.16. The van der Waals surface area contributed by atoms with Crippen LogP contribution in [0.25, 0.3) is 0 Å². The van der Waals surface area contributed by atoms with Crippen LogP contribution in [0.15, 0.2) is 0 Å². The molecule has 62 valence electrons. The SMILES string of the molecule is OC[C@@]12O[C@H]1CN1CCC[C@H]12. The Bertz CT molecular complexity index is 193. The largest absolute Gasteiger partial charge is 0.393 e. The zero-order chi connectivity index (χ0) is 7.47. The van der Waals surface area contributed by atoms with E-state index in [1.165, 1.54) is 19.4 Å². The van der Waals surface area contributed by atoms with E-state index < -0.39 is 0 Å². The van der Waals surface area contributed by atoms with Crippen LogP contribution in [0, 0.1) is 0 Å². The summed E-state index contributed by atoms with van der Waals surface area (Å²) in [6, 6.07) is 0.539. The van der Waals surface area contributed by atoms with Gasteiger partial charge in [0.15, 0.2) is 0 Å². The highest BCUT2D eigenvalue weighted by Gasteiger charge is 2.68. The molecule has 3 atom stereocenters. The van der Waals surface area contributed by atoms with Crippen molar-refractivity contribution in [3.63, 3.8) is 0 Å². The lowest BCUT2D eigenvalue weighted by molar-refractivity contribution is 0.0839. The van der Waals surface area contributed by atoms with Crippen LogP contribution in [0.2, 0.25) is 0 Å². The van der Waals surface area contributed by atoms with Gasteiger partial charge in [-0.25, -0.2) is 0 Å². The van der Waals surface area contributed by atoms with Crippen molar-refractivity contribution >= 4 is 0 Å². The normalized spacial score (nSPS) is 54.3. The lowest BCUT2D eigenvalue weighted by atomic mass is 9.99. The molecule has 0 spiro atoms. The second kappa shape index (κ2) is 1.79. The first-order valence-corrected chi connectivity index (χ1v) is 4.39. The summed E-state index contributed by atoms with van der Waals surface area (Å²) in [5.74, 6) is 0. The molecule has 0 saturated carbocycles. The van der Waals surface area contributed by atoms with Gasteiger partial charge in [0.25, 0.3) is 0 Å². The third-order valence-electron chi connectivity index (χ3n) is 3.42. The van der Waals surface area contributed by atoms with Crippen LogP contribution < -0.4 is 0 Å². The summed E-state index contributed by atoms with van der Waals surface area (Å²) in [5, 5.41) is 9.16. The number of hydrogen-bond donors (Lipinski definition) is 1. The number of ether oxygens (including phenoxy) is 1. The summed E-state index contributed by atoms with van der Waals surface area (Å²) in [5.41, 5.74) is -0.115. The number of aliphatic hydroxyl groups excluding tert-OH is 1. The molecule has 0 bridgehead atoms. The van der Waals surface area contributed by atoms with Crippen LogP contribution in [0.5, 0.6) is 0 Å². The van der Waals surface area contributed by atoms with Gasteiger partial charge in [0.1, 0.15) is 11.7 Å². The van der Waals surface area contributed by atoms with E-state index in [1.807, 2.05) is 0 Å². The zero-order valence-electron chi connectivity index (χ0n) is 6.49. The molecule has 0 amide bonds. The van der Waals surface area contributed by atoms with Gasteiger partial charge in [-0.15, -0.1) is 0 Å². The van der Waals surface area contributed by atoms with Gasteiger partial charge in [-0.05, 0) is 19.4 Å². The fourth-order valence-electron chi connectivity index (χ4n) is 2.77. The number of aliphatic hydroxyl groups is 1. The molecule has 3 heteroatoms. The molecule has 0 aromatic heterocycles. The summed E-state index contributed by atoms with van der Waals surface area (Å²) in [7, 11) is 0. The van der Waals surface area contributed by atoms with Crippen LogP contribution in [-0.2, 0) is 4.74 Å². The Morgan fingerprint density at radius 3 is 3.36 bits per heavy atom. The lowest BCUT2D eigenvalue weighted by Crippen LogP contribution is -2.37. The number of epoxide rings is 1. The third-order valence-corrected chi connectivity index (χ3v) is 3.42. The molecule has 3 aliphatic heterocycles. The molecule has 0 aromatic carbocycles. The van der Waals surface area contributed by atoms with E-state index in [2.05, 4.69) is 4.90 Å². The summed E-state index contributed by atoms with van der Waals surface area (Å²) < 4.78 is 5.51. The van der Waals surface area contributed by atoms with Crippen molar-refractivity contribution in [1.82, 2.24) is 4.90 Å². The standard InChI is InChI=1S/C8H13NO2/c10-5-8-6-2-1-3-9(6)4-7(8)11-8/h6-7,10H,1-5H2/t6-,7-,8-/m0/s1. The van der Waals surface area contributed by atoms with Gasteiger partial charge in [-0.1, -0.05) is 0 Å². The Balaban J connectivity index is 1.89. The van der Waals surface area contributed by atoms with E-state index in [9.17, 15) is 0 Å². The first-order chi connectivity index (χ1) is 5.37. The van der Waals surface area contributed by atoms with Gasteiger partial charge in [0.2, 0.25) is 0 Å². The van der Waals surface area contributed by atoms with Crippen molar-refractivity contribution in [2.24, 2.45) is 0 Å². The predicted octanol–water partition coefficient (Wildman–Crippen LogP) is -0.406. The van der Waals surface area contributed by atoms with Crippen LogP contribution >= 0.6 is 0 Å². The number of rotatable bonds is 1. The van der Waals surface area contributed by atoms with Crippen molar-refractivity contribution in [2.75, 3.05) is 19.7 Å². The fraction of sp³-hybridized carbons (Fsp3) is 1.00. The molecule has 3 rings (SSSR count). The average Bonchev–Trinajstić information content (AvgIpc) is 2.44. The first kappa shape index (κ1) is 6.40. The van der Waals surface area contributed by atoms with E-state index in [0.29, 0.717) is 12.1 Å². The van der Waals surface area contributed by atoms with Crippen molar-refractivity contribution < 1.29 is 9.84 Å². The number of hydrogen-bond acceptors (Lipinski definition) is 3. The Morgan fingerprint density at radius 2 is 2.55 bits per heavy atom. The number of fused-ring (bicyclic) bond motifs is 3. The van der Waals surface area contributed by atoms with E-state index in [0.717, 1.165) is 6.54 Å². The van der Waals surface area contributed by atoms with Gasteiger partial charge in [-0.2, -0.15) is 0 Å². The molecule has 0 unspecified atom stereocenters. The summed E-state index contributed by atoms with van der Waals surface area (Å²) >= 11 is 0. The minimum Gasteiger partial charge on any atom is -0.393 e. The highest BCUT2D eigenvalue weighted by Crippen LogP contribution is 2.51. The van der Waals surface area contributed by atoms with Crippen molar-refractivity contribution in [3.05, 3.63) is 0 Å². The molecule has 11 heavy (non-hydrogen) atoms. The van der Waals surface area contributed by atoms with Crippen molar-refractivity contribution in [2.45, 2.75) is 30.6 Å². The molecule has 1 N–H and O–H groups in total. The topological polar surface area (TPSA) is 36.0 Å². The highest BCUT2D eigenvalue weighted by atomic mass is 16.6.